The van der Waals surface area contributed by atoms with Gasteiger partial charge in [0.2, 0.25) is 5.91 Å². The maximum atomic E-state index is 12.6. The van der Waals surface area contributed by atoms with Crippen molar-refractivity contribution >= 4 is 29.2 Å². The number of aryl methyl sites for hydroxylation is 1. The summed E-state index contributed by atoms with van der Waals surface area (Å²) in [5.41, 5.74) is 1.13. The van der Waals surface area contributed by atoms with E-state index in [0.29, 0.717) is 25.6 Å². The third-order valence-corrected chi connectivity index (χ3v) is 5.45. The first-order chi connectivity index (χ1) is 15.1. The number of piperazine rings is 1. The summed E-state index contributed by atoms with van der Waals surface area (Å²) >= 11 is 5.97. The predicted octanol–water partition coefficient (Wildman–Crippen LogP) is 1.40. The Labute approximate surface area is 188 Å². The Morgan fingerprint density at radius 1 is 1.13 bits per heavy atom. The molecule has 0 unspecified atom stereocenters. The lowest BCUT2D eigenvalue weighted by molar-refractivity contribution is -0.129. The van der Waals surface area contributed by atoms with Gasteiger partial charge in [-0.25, -0.2) is 4.99 Å². The minimum atomic E-state index is 0.0417. The van der Waals surface area contributed by atoms with Crippen LogP contribution in [-0.2, 0) is 17.8 Å². The van der Waals surface area contributed by atoms with E-state index in [1.165, 1.54) is 0 Å². The first-order valence-corrected chi connectivity index (χ1v) is 11.2. The number of rotatable bonds is 8. The van der Waals surface area contributed by atoms with E-state index in [0.717, 1.165) is 49.1 Å². The van der Waals surface area contributed by atoms with Crippen LogP contribution in [0.15, 0.2) is 35.6 Å². The lowest BCUT2D eigenvalue weighted by Gasteiger charge is -2.36. The number of amides is 1. The second-order valence-corrected chi connectivity index (χ2v) is 7.70. The van der Waals surface area contributed by atoms with E-state index < -0.39 is 0 Å². The molecule has 1 fully saturated rings. The first kappa shape index (κ1) is 22.9. The number of guanidine groups is 1. The normalized spacial score (nSPS) is 14.6. The molecule has 0 bridgehead atoms. The van der Waals surface area contributed by atoms with Crippen molar-refractivity contribution in [2.24, 2.45) is 4.99 Å². The maximum absolute atomic E-state index is 12.6. The van der Waals surface area contributed by atoms with Crippen LogP contribution in [0.4, 0.5) is 5.69 Å². The summed E-state index contributed by atoms with van der Waals surface area (Å²) in [6.45, 7) is 9.30. The highest BCUT2D eigenvalue weighted by molar-refractivity contribution is 6.30. The van der Waals surface area contributed by atoms with Gasteiger partial charge in [-0.3, -0.25) is 4.79 Å². The van der Waals surface area contributed by atoms with Gasteiger partial charge in [-0.15, -0.1) is 10.2 Å². The first-order valence-electron chi connectivity index (χ1n) is 10.8. The van der Waals surface area contributed by atoms with Crippen LogP contribution in [0.3, 0.4) is 0 Å². The smallest absolute Gasteiger partial charge is 0.244 e. The molecule has 10 heteroatoms. The fourth-order valence-electron chi connectivity index (χ4n) is 3.49. The van der Waals surface area contributed by atoms with Crippen LogP contribution in [-0.4, -0.2) is 77.3 Å². The largest absolute Gasteiger partial charge is 0.368 e. The minimum absolute atomic E-state index is 0.0417. The van der Waals surface area contributed by atoms with Gasteiger partial charge >= 0.3 is 0 Å². The molecule has 1 aromatic heterocycles. The molecule has 2 N–H and O–H groups in total. The molecule has 1 amide bonds. The Morgan fingerprint density at radius 3 is 2.55 bits per heavy atom. The van der Waals surface area contributed by atoms with E-state index in [9.17, 15) is 4.79 Å². The molecule has 1 aliphatic rings. The monoisotopic (exact) mass is 446 g/mol. The molecule has 2 heterocycles. The molecule has 31 heavy (non-hydrogen) atoms. The topological polar surface area (TPSA) is 90.7 Å². The third kappa shape index (κ3) is 6.58. The van der Waals surface area contributed by atoms with Crippen molar-refractivity contribution in [3.05, 3.63) is 41.4 Å². The number of benzene rings is 1. The van der Waals surface area contributed by atoms with Gasteiger partial charge in [0.05, 0.1) is 0 Å². The Bertz CT molecular complexity index is 859. The molecule has 0 aliphatic carbocycles. The van der Waals surface area contributed by atoms with Gasteiger partial charge in [-0.2, -0.15) is 0 Å². The highest BCUT2D eigenvalue weighted by Gasteiger charge is 2.21. The van der Waals surface area contributed by atoms with Crippen LogP contribution in [0, 0.1) is 0 Å². The second kappa shape index (κ2) is 11.5. The van der Waals surface area contributed by atoms with Crippen molar-refractivity contribution in [2.45, 2.75) is 26.8 Å². The number of nitrogens with zero attached hydrogens (tertiary/aromatic N) is 6. The van der Waals surface area contributed by atoms with Gasteiger partial charge in [0.1, 0.15) is 18.7 Å². The number of hydrogen-bond acceptors (Lipinski definition) is 5. The van der Waals surface area contributed by atoms with Crippen molar-refractivity contribution < 1.29 is 4.79 Å². The Morgan fingerprint density at radius 2 is 1.87 bits per heavy atom. The van der Waals surface area contributed by atoms with Crippen LogP contribution in [0.25, 0.3) is 0 Å². The fourth-order valence-corrected chi connectivity index (χ4v) is 3.61. The minimum Gasteiger partial charge on any atom is -0.368 e. The fraction of sp³-hybridized carbons (Fsp3) is 0.524. The summed E-state index contributed by atoms with van der Waals surface area (Å²) in [5.74, 6) is 1.64. The van der Waals surface area contributed by atoms with Gasteiger partial charge < -0.3 is 25.0 Å². The van der Waals surface area contributed by atoms with Crippen molar-refractivity contribution in [1.29, 1.82) is 0 Å². The highest BCUT2D eigenvalue weighted by Crippen LogP contribution is 2.19. The number of halogens is 1. The summed E-state index contributed by atoms with van der Waals surface area (Å²) in [4.78, 5) is 21.3. The molecule has 1 saturated heterocycles. The number of aliphatic imine (C=N–C) groups is 1. The maximum Gasteiger partial charge on any atom is 0.244 e. The van der Waals surface area contributed by atoms with Crippen molar-refractivity contribution in [3.63, 3.8) is 0 Å². The molecule has 0 spiro atoms. The molecule has 0 radical (unpaired) electrons. The van der Waals surface area contributed by atoms with Gasteiger partial charge in [0, 0.05) is 62.9 Å². The number of carbonyl (C=O) groups excluding carboxylic acids is 1. The molecular weight excluding hydrogens is 416 g/mol. The molecule has 2 aromatic rings. The van der Waals surface area contributed by atoms with Gasteiger partial charge in [0.25, 0.3) is 0 Å². The SMILES string of the molecule is CCNC(=NCC(=O)N1CCN(c2ccc(Cl)cc2)CC1)NCCn1cnnc1CC. The summed E-state index contributed by atoms with van der Waals surface area (Å²) in [5, 5.41) is 15.2. The summed E-state index contributed by atoms with van der Waals surface area (Å²) in [7, 11) is 0. The lowest BCUT2D eigenvalue weighted by atomic mass is 10.2. The third-order valence-electron chi connectivity index (χ3n) is 5.20. The molecule has 9 nitrogen and oxygen atoms in total. The molecule has 0 atom stereocenters. The van der Waals surface area contributed by atoms with E-state index in [1.54, 1.807) is 6.33 Å². The number of anilines is 1. The van der Waals surface area contributed by atoms with Crippen LogP contribution in [0.1, 0.15) is 19.7 Å². The van der Waals surface area contributed by atoms with Crippen molar-refractivity contribution in [2.75, 3.05) is 50.7 Å². The standard InChI is InChI=1S/C21H31ClN8O/c1-3-19-27-26-16-30(19)10-9-24-21(23-4-2)25-15-20(31)29-13-11-28(12-14-29)18-7-5-17(22)6-8-18/h5-8,16H,3-4,9-15H2,1-2H3,(H2,23,24,25). The van der Waals surface area contributed by atoms with Gasteiger partial charge in [-0.05, 0) is 31.2 Å². The number of hydrogen-bond donors (Lipinski definition) is 2. The van der Waals surface area contributed by atoms with Crippen molar-refractivity contribution in [3.8, 4) is 0 Å². The summed E-state index contributed by atoms with van der Waals surface area (Å²) < 4.78 is 2.02. The van der Waals surface area contributed by atoms with Gasteiger partial charge in [0.15, 0.2) is 5.96 Å². The number of aromatic nitrogens is 3. The van der Waals surface area contributed by atoms with Gasteiger partial charge in [-0.1, -0.05) is 18.5 Å². The average molecular weight is 447 g/mol. The van der Waals surface area contributed by atoms with Crippen LogP contribution >= 0.6 is 11.6 Å². The van der Waals surface area contributed by atoms with Crippen molar-refractivity contribution in [1.82, 2.24) is 30.3 Å². The van der Waals surface area contributed by atoms with E-state index in [-0.39, 0.29) is 12.5 Å². The summed E-state index contributed by atoms with van der Waals surface area (Å²) in [6, 6.07) is 7.82. The van der Waals surface area contributed by atoms with E-state index in [4.69, 9.17) is 11.6 Å². The Kier molecular flexibility index (Phi) is 8.52. The van der Waals surface area contributed by atoms with E-state index in [1.807, 2.05) is 40.7 Å². The zero-order valence-electron chi connectivity index (χ0n) is 18.2. The highest BCUT2D eigenvalue weighted by atomic mass is 35.5. The zero-order chi connectivity index (χ0) is 22.1. The van der Waals surface area contributed by atoms with E-state index in [2.05, 4.69) is 37.6 Å². The second-order valence-electron chi connectivity index (χ2n) is 7.26. The lowest BCUT2D eigenvalue weighted by Crippen LogP contribution is -2.49. The predicted molar refractivity (Wildman–Crippen MR) is 124 cm³/mol. The zero-order valence-corrected chi connectivity index (χ0v) is 19.0. The number of carbonyl (C=O) groups is 1. The molecule has 0 saturated carbocycles. The quantitative estimate of drug-likeness (QED) is 0.470. The Hall–Kier alpha value is -2.81. The van der Waals surface area contributed by atoms with Crippen LogP contribution in [0.2, 0.25) is 5.02 Å². The molecule has 168 valence electrons. The molecule has 3 rings (SSSR count). The number of nitrogens with one attached hydrogen (secondary N) is 2. The van der Waals surface area contributed by atoms with E-state index >= 15 is 0 Å². The average Bonchev–Trinajstić information content (AvgIpc) is 3.25. The molecule has 1 aromatic carbocycles. The molecular formula is C21H31ClN8O. The van der Waals surface area contributed by atoms with Crippen LogP contribution in [0.5, 0.6) is 0 Å². The Balaban J connectivity index is 1.45. The summed E-state index contributed by atoms with van der Waals surface area (Å²) in [6.07, 6.45) is 2.58. The molecule has 1 aliphatic heterocycles. The van der Waals surface area contributed by atoms with Crippen LogP contribution < -0.4 is 15.5 Å².